The number of benzene rings is 1. The predicted molar refractivity (Wildman–Crippen MR) is 71.0 cm³/mol. The molecule has 0 fully saturated rings. The molecule has 0 bridgehead atoms. The Morgan fingerprint density at radius 3 is 2.76 bits per heavy atom. The Morgan fingerprint density at radius 2 is 2.06 bits per heavy atom. The quantitative estimate of drug-likeness (QED) is 0.881. The fraction of sp³-hybridized carbons (Fsp3) is 0.214. The lowest BCUT2D eigenvalue weighted by Gasteiger charge is -2.06. The zero-order valence-corrected chi connectivity index (χ0v) is 10.6. The van der Waals surface area contributed by atoms with Crippen molar-refractivity contribution in [2.75, 3.05) is 0 Å². The molecule has 1 heterocycles. The van der Waals surface area contributed by atoms with Crippen LogP contribution in [0.3, 0.4) is 0 Å². The van der Waals surface area contributed by atoms with Gasteiger partial charge in [0.05, 0.1) is 13.0 Å². The first-order valence-electron chi connectivity index (χ1n) is 5.59. The van der Waals surface area contributed by atoms with Crippen molar-refractivity contribution in [3.8, 4) is 0 Å². The van der Waals surface area contributed by atoms with Gasteiger partial charge in [0.15, 0.2) is 0 Å². The van der Waals surface area contributed by atoms with Gasteiger partial charge >= 0.3 is 0 Å². The summed E-state index contributed by atoms with van der Waals surface area (Å²) in [6.07, 6.45) is 0.456. The number of hydrogen-bond donors (Lipinski definition) is 1. The topological polar surface area (TPSA) is 29.1 Å². The van der Waals surface area contributed by atoms with E-state index in [4.69, 9.17) is 0 Å². The van der Waals surface area contributed by atoms with E-state index >= 15 is 0 Å². The molecule has 2 aromatic rings. The van der Waals surface area contributed by atoms with Crippen molar-refractivity contribution < 1.29 is 4.79 Å². The predicted octanol–water partition coefficient (Wildman–Crippen LogP) is 2.92. The van der Waals surface area contributed by atoms with E-state index in [0.29, 0.717) is 13.0 Å². The summed E-state index contributed by atoms with van der Waals surface area (Å²) >= 11 is 1.66. The normalized spacial score (nSPS) is 10.2. The molecule has 1 amide bonds. The summed E-state index contributed by atoms with van der Waals surface area (Å²) in [6.45, 7) is 2.66. The van der Waals surface area contributed by atoms with Gasteiger partial charge in [0.25, 0.3) is 0 Å². The second-order valence-electron chi connectivity index (χ2n) is 3.96. The Hall–Kier alpha value is -1.61. The van der Waals surface area contributed by atoms with Gasteiger partial charge in [-0.05, 0) is 29.5 Å². The van der Waals surface area contributed by atoms with E-state index in [9.17, 15) is 4.79 Å². The lowest BCUT2D eigenvalue weighted by Crippen LogP contribution is -2.24. The molecule has 0 unspecified atom stereocenters. The maximum Gasteiger partial charge on any atom is 0.224 e. The highest BCUT2D eigenvalue weighted by atomic mass is 32.1. The first-order valence-corrected chi connectivity index (χ1v) is 6.47. The van der Waals surface area contributed by atoms with E-state index in [1.165, 1.54) is 10.4 Å². The van der Waals surface area contributed by atoms with Gasteiger partial charge in [-0.3, -0.25) is 4.79 Å². The summed E-state index contributed by atoms with van der Waals surface area (Å²) in [5.41, 5.74) is 2.26. The molecule has 0 saturated heterocycles. The minimum absolute atomic E-state index is 0.0766. The molecule has 0 aliphatic rings. The maximum absolute atomic E-state index is 11.8. The van der Waals surface area contributed by atoms with Gasteiger partial charge in [0.1, 0.15) is 0 Å². The first-order chi connectivity index (χ1) is 8.25. The molecule has 2 rings (SSSR count). The highest BCUT2D eigenvalue weighted by Crippen LogP contribution is 2.09. The Labute approximate surface area is 105 Å². The molecule has 0 atom stereocenters. The van der Waals surface area contributed by atoms with Gasteiger partial charge in [-0.1, -0.05) is 30.3 Å². The lowest BCUT2D eigenvalue weighted by atomic mass is 10.1. The fourth-order valence-corrected chi connectivity index (χ4v) is 2.29. The zero-order chi connectivity index (χ0) is 12.1. The van der Waals surface area contributed by atoms with Crippen LogP contribution in [0, 0.1) is 6.92 Å². The summed E-state index contributed by atoms with van der Waals surface area (Å²) in [7, 11) is 0. The van der Waals surface area contributed by atoms with Gasteiger partial charge in [-0.25, -0.2) is 0 Å². The number of carbonyl (C=O) groups is 1. The smallest absolute Gasteiger partial charge is 0.224 e. The molecule has 1 aromatic heterocycles. The van der Waals surface area contributed by atoms with E-state index in [1.807, 2.05) is 48.7 Å². The van der Waals surface area contributed by atoms with E-state index in [-0.39, 0.29) is 5.91 Å². The van der Waals surface area contributed by atoms with Crippen LogP contribution in [0.25, 0.3) is 0 Å². The molecular formula is C14H15NOS. The zero-order valence-electron chi connectivity index (χ0n) is 9.77. The Morgan fingerprint density at radius 1 is 1.24 bits per heavy atom. The molecule has 17 heavy (non-hydrogen) atoms. The third-order valence-electron chi connectivity index (χ3n) is 2.65. The average molecular weight is 245 g/mol. The van der Waals surface area contributed by atoms with Crippen LogP contribution in [0.4, 0.5) is 0 Å². The number of nitrogens with one attached hydrogen (secondary N) is 1. The Balaban J connectivity index is 1.87. The molecule has 0 aliphatic carbocycles. The molecule has 1 N–H and O–H groups in total. The van der Waals surface area contributed by atoms with Crippen molar-refractivity contribution >= 4 is 17.2 Å². The third kappa shape index (κ3) is 3.43. The molecule has 0 saturated carbocycles. The summed E-state index contributed by atoms with van der Waals surface area (Å²) in [4.78, 5) is 12.9. The minimum Gasteiger partial charge on any atom is -0.351 e. The molecule has 0 aliphatic heterocycles. The minimum atomic E-state index is 0.0766. The molecule has 2 nitrogen and oxygen atoms in total. The van der Waals surface area contributed by atoms with Crippen molar-refractivity contribution in [2.24, 2.45) is 0 Å². The highest BCUT2D eigenvalue weighted by molar-refractivity contribution is 7.09. The number of thiophene rings is 1. The number of amides is 1. The second kappa shape index (κ2) is 5.64. The summed E-state index contributed by atoms with van der Waals surface area (Å²) in [5, 5.41) is 4.95. The standard InChI is InChI=1S/C14H15NOS/c1-11-5-2-3-6-12(11)9-14(16)15-10-13-7-4-8-17-13/h2-8H,9-10H2,1H3,(H,15,16). The summed E-state index contributed by atoms with van der Waals surface area (Å²) in [6, 6.07) is 12.0. The van der Waals surface area contributed by atoms with Crippen LogP contribution in [0.2, 0.25) is 0 Å². The van der Waals surface area contributed by atoms with Crippen LogP contribution in [0.15, 0.2) is 41.8 Å². The number of hydrogen-bond acceptors (Lipinski definition) is 2. The van der Waals surface area contributed by atoms with Crippen molar-refractivity contribution in [3.63, 3.8) is 0 Å². The monoisotopic (exact) mass is 245 g/mol. The molecule has 0 spiro atoms. The van der Waals surface area contributed by atoms with Gasteiger partial charge in [-0.15, -0.1) is 11.3 Å². The van der Waals surface area contributed by atoms with Crippen molar-refractivity contribution in [3.05, 3.63) is 57.8 Å². The van der Waals surface area contributed by atoms with Crippen molar-refractivity contribution in [2.45, 2.75) is 19.9 Å². The Bertz CT molecular complexity index is 491. The summed E-state index contributed by atoms with van der Waals surface area (Å²) in [5.74, 6) is 0.0766. The van der Waals surface area contributed by atoms with Crippen LogP contribution < -0.4 is 5.32 Å². The van der Waals surface area contributed by atoms with Crippen LogP contribution in [0.5, 0.6) is 0 Å². The second-order valence-corrected chi connectivity index (χ2v) is 4.99. The van der Waals surface area contributed by atoms with E-state index in [2.05, 4.69) is 5.32 Å². The van der Waals surface area contributed by atoms with Crippen molar-refractivity contribution in [1.29, 1.82) is 0 Å². The number of carbonyl (C=O) groups excluding carboxylic acids is 1. The number of rotatable bonds is 4. The van der Waals surface area contributed by atoms with Crippen LogP contribution in [0.1, 0.15) is 16.0 Å². The molecule has 0 radical (unpaired) electrons. The molecule has 88 valence electrons. The SMILES string of the molecule is Cc1ccccc1CC(=O)NCc1cccs1. The van der Waals surface area contributed by atoms with Crippen LogP contribution >= 0.6 is 11.3 Å². The molecule has 3 heteroatoms. The molecular weight excluding hydrogens is 230 g/mol. The maximum atomic E-state index is 11.8. The third-order valence-corrected chi connectivity index (χ3v) is 3.53. The Kier molecular flexibility index (Phi) is 3.94. The van der Waals surface area contributed by atoms with Gasteiger partial charge in [0.2, 0.25) is 5.91 Å². The fourth-order valence-electron chi connectivity index (χ4n) is 1.64. The van der Waals surface area contributed by atoms with Gasteiger partial charge in [0, 0.05) is 4.88 Å². The van der Waals surface area contributed by atoms with Gasteiger partial charge < -0.3 is 5.32 Å². The highest BCUT2D eigenvalue weighted by Gasteiger charge is 2.05. The van der Waals surface area contributed by atoms with Crippen molar-refractivity contribution in [1.82, 2.24) is 5.32 Å². The average Bonchev–Trinajstić information content (AvgIpc) is 2.82. The van der Waals surface area contributed by atoms with E-state index in [0.717, 1.165) is 5.56 Å². The van der Waals surface area contributed by atoms with E-state index < -0.39 is 0 Å². The van der Waals surface area contributed by atoms with E-state index in [1.54, 1.807) is 11.3 Å². The van der Waals surface area contributed by atoms with Crippen LogP contribution in [-0.2, 0) is 17.8 Å². The van der Waals surface area contributed by atoms with Gasteiger partial charge in [-0.2, -0.15) is 0 Å². The summed E-state index contributed by atoms with van der Waals surface area (Å²) < 4.78 is 0. The lowest BCUT2D eigenvalue weighted by molar-refractivity contribution is -0.120. The number of aryl methyl sites for hydroxylation is 1. The molecule has 1 aromatic carbocycles. The first kappa shape index (κ1) is 11.9. The van der Waals surface area contributed by atoms with Crippen LogP contribution in [-0.4, -0.2) is 5.91 Å². The largest absolute Gasteiger partial charge is 0.351 e.